The minimum absolute atomic E-state index is 0.0526. The van der Waals surface area contributed by atoms with Crippen molar-refractivity contribution in [2.75, 3.05) is 0 Å². The number of aromatic nitrogens is 3. The minimum Gasteiger partial charge on any atom is -0.438 e. The highest BCUT2D eigenvalue weighted by Gasteiger charge is 2.22. The van der Waals surface area contributed by atoms with Crippen LogP contribution in [-0.4, -0.2) is 14.6 Å². The molecule has 3 heterocycles. The molecule has 0 bridgehead atoms. The van der Waals surface area contributed by atoms with Gasteiger partial charge in [0.1, 0.15) is 22.9 Å². The number of nitriles is 1. The molecule has 0 aliphatic rings. The van der Waals surface area contributed by atoms with Crippen molar-refractivity contribution in [2.45, 2.75) is 0 Å². The minimum atomic E-state index is -0.0526. The average Bonchev–Trinajstić information content (AvgIpc) is 3.27. The van der Waals surface area contributed by atoms with Crippen LogP contribution in [-0.2, 0) is 0 Å². The molecular weight excluding hydrogens is 422 g/mol. The van der Waals surface area contributed by atoms with E-state index in [2.05, 4.69) is 6.07 Å². The van der Waals surface area contributed by atoms with Gasteiger partial charge in [0, 0.05) is 16.5 Å². The number of nitrogens with one attached hydrogen (secondary N) is 1. The van der Waals surface area contributed by atoms with Gasteiger partial charge in [-0.2, -0.15) is 10.4 Å². The Morgan fingerprint density at radius 2 is 1.50 bits per heavy atom. The molecule has 3 aromatic carbocycles. The first kappa shape index (κ1) is 19.6. The van der Waals surface area contributed by atoms with E-state index in [-0.39, 0.29) is 5.55 Å². The van der Waals surface area contributed by atoms with Gasteiger partial charge in [0.2, 0.25) is 5.55 Å². The van der Waals surface area contributed by atoms with Gasteiger partial charge in [0.05, 0.1) is 17.0 Å². The van der Waals surface area contributed by atoms with Crippen molar-refractivity contribution in [3.8, 4) is 39.8 Å². The second-order valence-electron chi connectivity index (χ2n) is 7.86. The Morgan fingerprint density at radius 1 is 0.824 bits per heavy atom. The summed E-state index contributed by atoms with van der Waals surface area (Å²) in [5.41, 5.74) is 5.53. The number of benzene rings is 3. The maximum Gasteiger partial charge on any atom is 0.221 e. The van der Waals surface area contributed by atoms with Crippen LogP contribution >= 0.6 is 0 Å². The lowest BCUT2D eigenvalue weighted by molar-refractivity contribution is 0.535. The lowest BCUT2D eigenvalue weighted by Gasteiger charge is -2.08. The zero-order valence-corrected chi connectivity index (χ0v) is 17.9. The summed E-state index contributed by atoms with van der Waals surface area (Å²) >= 11 is 0. The van der Waals surface area contributed by atoms with Crippen LogP contribution in [0.2, 0.25) is 0 Å². The fraction of sp³-hybridized carbons (Fsp3) is 0. The topological polar surface area (TPSA) is 91.0 Å². The standard InChI is InChI=1S/C28H17N5O/c29-17-22-26(21-15-20-13-7-8-14-25(20)34-27(21)30)32-33-24(19-11-5-2-6-12-19)16-23(31-28(22)33)18-9-3-1-4-10-18/h1-16,30H. The van der Waals surface area contributed by atoms with E-state index in [0.29, 0.717) is 28.1 Å². The summed E-state index contributed by atoms with van der Waals surface area (Å²) in [5, 5.41) is 24.3. The van der Waals surface area contributed by atoms with Gasteiger partial charge < -0.3 is 4.42 Å². The number of para-hydroxylation sites is 1. The van der Waals surface area contributed by atoms with E-state index in [4.69, 9.17) is 19.9 Å². The van der Waals surface area contributed by atoms with Gasteiger partial charge in [-0.25, -0.2) is 9.50 Å². The SMILES string of the molecule is N#Cc1c(-c2cc3ccccc3oc2=N)nn2c(-c3ccccc3)cc(-c3ccccc3)nc12. The zero-order chi connectivity index (χ0) is 23.1. The smallest absolute Gasteiger partial charge is 0.221 e. The van der Waals surface area contributed by atoms with Crippen molar-refractivity contribution in [1.29, 1.82) is 10.7 Å². The van der Waals surface area contributed by atoms with Crippen LogP contribution in [0.1, 0.15) is 5.56 Å². The van der Waals surface area contributed by atoms with E-state index >= 15 is 0 Å². The van der Waals surface area contributed by atoms with Crippen LogP contribution in [0, 0.1) is 16.7 Å². The summed E-state index contributed by atoms with van der Waals surface area (Å²) in [6.07, 6.45) is 0. The Bertz CT molecular complexity index is 1780. The first-order valence-electron chi connectivity index (χ1n) is 10.8. The molecule has 0 unspecified atom stereocenters. The van der Waals surface area contributed by atoms with Crippen molar-refractivity contribution in [3.63, 3.8) is 0 Å². The Kier molecular flexibility index (Phi) is 4.53. The zero-order valence-electron chi connectivity index (χ0n) is 17.9. The molecule has 6 aromatic rings. The third-order valence-corrected chi connectivity index (χ3v) is 5.77. The maximum absolute atomic E-state index is 10.2. The molecule has 34 heavy (non-hydrogen) atoms. The van der Waals surface area contributed by atoms with Gasteiger partial charge in [-0.15, -0.1) is 0 Å². The van der Waals surface area contributed by atoms with Crippen molar-refractivity contribution in [1.82, 2.24) is 14.6 Å². The van der Waals surface area contributed by atoms with Crippen LogP contribution in [0.25, 0.3) is 50.4 Å². The van der Waals surface area contributed by atoms with Gasteiger partial charge in [0.25, 0.3) is 0 Å². The molecule has 0 aliphatic carbocycles. The summed E-state index contributed by atoms with van der Waals surface area (Å²) in [6, 6.07) is 33.3. The van der Waals surface area contributed by atoms with E-state index < -0.39 is 0 Å². The van der Waals surface area contributed by atoms with E-state index in [1.54, 1.807) is 4.52 Å². The molecule has 0 aliphatic heterocycles. The summed E-state index contributed by atoms with van der Waals surface area (Å²) in [4.78, 5) is 4.83. The molecule has 0 radical (unpaired) electrons. The Morgan fingerprint density at radius 3 is 2.24 bits per heavy atom. The number of fused-ring (bicyclic) bond motifs is 2. The average molecular weight is 439 g/mol. The van der Waals surface area contributed by atoms with E-state index in [1.165, 1.54) is 0 Å². The highest BCUT2D eigenvalue weighted by Crippen LogP contribution is 2.31. The number of hydrogen-bond acceptors (Lipinski definition) is 5. The second-order valence-corrected chi connectivity index (χ2v) is 7.86. The summed E-state index contributed by atoms with van der Waals surface area (Å²) in [7, 11) is 0. The first-order chi connectivity index (χ1) is 16.7. The lowest BCUT2D eigenvalue weighted by atomic mass is 10.1. The van der Waals surface area contributed by atoms with Gasteiger partial charge in [0.15, 0.2) is 5.65 Å². The number of nitrogens with zero attached hydrogens (tertiary/aromatic N) is 4. The molecular formula is C28H17N5O. The van der Waals surface area contributed by atoms with Gasteiger partial charge in [-0.1, -0.05) is 78.9 Å². The normalized spacial score (nSPS) is 11.0. The fourth-order valence-corrected chi connectivity index (χ4v) is 4.13. The van der Waals surface area contributed by atoms with Gasteiger partial charge in [-0.05, 0) is 18.2 Å². The fourth-order valence-electron chi connectivity index (χ4n) is 4.13. The molecule has 6 heteroatoms. The van der Waals surface area contributed by atoms with Crippen molar-refractivity contribution in [3.05, 3.63) is 108 Å². The quantitative estimate of drug-likeness (QED) is 0.376. The Labute approximate surface area is 194 Å². The van der Waals surface area contributed by atoms with Gasteiger partial charge in [-0.3, -0.25) is 5.41 Å². The summed E-state index contributed by atoms with van der Waals surface area (Å²) < 4.78 is 7.42. The maximum atomic E-state index is 10.2. The predicted octanol–water partition coefficient (Wildman–Crippen LogP) is 5.83. The van der Waals surface area contributed by atoms with Crippen LogP contribution in [0.5, 0.6) is 0 Å². The molecule has 0 amide bonds. The molecule has 0 atom stereocenters. The van der Waals surface area contributed by atoms with Crippen LogP contribution in [0.3, 0.4) is 0 Å². The van der Waals surface area contributed by atoms with Crippen molar-refractivity contribution < 1.29 is 4.42 Å². The van der Waals surface area contributed by atoms with E-state index in [9.17, 15) is 5.26 Å². The molecule has 1 N–H and O–H groups in total. The summed E-state index contributed by atoms with van der Waals surface area (Å²) in [5.74, 6) is 0. The molecule has 160 valence electrons. The predicted molar refractivity (Wildman–Crippen MR) is 130 cm³/mol. The molecule has 0 fully saturated rings. The Balaban J connectivity index is 1.70. The molecule has 3 aromatic heterocycles. The molecule has 6 rings (SSSR count). The summed E-state index contributed by atoms with van der Waals surface area (Å²) in [6.45, 7) is 0. The first-order valence-corrected chi connectivity index (χ1v) is 10.8. The monoisotopic (exact) mass is 439 g/mol. The molecule has 0 spiro atoms. The third kappa shape index (κ3) is 3.15. The highest BCUT2D eigenvalue weighted by atomic mass is 16.3. The van der Waals surface area contributed by atoms with Crippen LogP contribution in [0.4, 0.5) is 0 Å². The van der Waals surface area contributed by atoms with E-state index in [1.807, 2.05) is 97.1 Å². The highest BCUT2D eigenvalue weighted by molar-refractivity contribution is 5.85. The molecule has 6 nitrogen and oxygen atoms in total. The van der Waals surface area contributed by atoms with Crippen molar-refractivity contribution in [2.24, 2.45) is 0 Å². The number of rotatable bonds is 3. The number of hydrogen-bond donors (Lipinski definition) is 1. The largest absolute Gasteiger partial charge is 0.438 e. The Hall–Kier alpha value is -5.02. The second kappa shape index (κ2) is 7.84. The van der Waals surface area contributed by atoms with Crippen molar-refractivity contribution >= 4 is 16.6 Å². The van der Waals surface area contributed by atoms with E-state index in [0.717, 1.165) is 27.9 Å². The molecule has 0 saturated heterocycles. The molecule has 0 saturated carbocycles. The van der Waals surface area contributed by atoms with Crippen LogP contribution in [0.15, 0.2) is 101 Å². The van der Waals surface area contributed by atoms with Crippen LogP contribution < -0.4 is 5.55 Å². The van der Waals surface area contributed by atoms with Gasteiger partial charge >= 0.3 is 0 Å². The lowest BCUT2D eigenvalue weighted by Crippen LogP contribution is -2.04. The third-order valence-electron chi connectivity index (χ3n) is 5.77.